The van der Waals surface area contributed by atoms with E-state index in [-0.39, 0.29) is 0 Å². The number of rotatable bonds is 2. The summed E-state index contributed by atoms with van der Waals surface area (Å²) in [6.45, 7) is 4.96. The van der Waals surface area contributed by atoms with Gasteiger partial charge in [-0.1, -0.05) is 45.4 Å². The first-order chi connectivity index (χ1) is 7.36. The van der Waals surface area contributed by atoms with Gasteiger partial charge in [0.1, 0.15) is 0 Å². The molecule has 0 radical (unpaired) electrons. The first-order valence-electron chi connectivity index (χ1n) is 7.07. The maximum Gasteiger partial charge on any atom is -0.00205 e. The van der Waals surface area contributed by atoms with E-state index >= 15 is 0 Å². The van der Waals surface area contributed by atoms with Crippen molar-refractivity contribution in [1.29, 1.82) is 0 Å². The summed E-state index contributed by atoms with van der Waals surface area (Å²) in [7, 11) is 0. The molecule has 1 heteroatoms. The lowest BCUT2D eigenvalue weighted by atomic mass is 9.79. The third-order valence-corrected chi connectivity index (χ3v) is 4.57. The van der Waals surface area contributed by atoms with Crippen molar-refractivity contribution in [2.45, 2.75) is 58.3 Å². The van der Waals surface area contributed by atoms with Crippen LogP contribution in [0.5, 0.6) is 0 Å². The summed E-state index contributed by atoms with van der Waals surface area (Å²) < 4.78 is 0. The Morgan fingerprint density at radius 3 is 2.40 bits per heavy atom. The van der Waals surface area contributed by atoms with E-state index in [9.17, 15) is 0 Å². The molecule has 0 spiro atoms. The van der Waals surface area contributed by atoms with E-state index in [0.29, 0.717) is 0 Å². The lowest BCUT2D eigenvalue weighted by Crippen LogP contribution is -2.35. The highest BCUT2D eigenvalue weighted by Gasteiger charge is 2.24. The van der Waals surface area contributed by atoms with Gasteiger partial charge in [0.2, 0.25) is 0 Å². The van der Waals surface area contributed by atoms with Crippen molar-refractivity contribution in [3.63, 3.8) is 0 Å². The summed E-state index contributed by atoms with van der Waals surface area (Å²) in [4.78, 5) is 0. The second-order valence-corrected chi connectivity index (χ2v) is 5.82. The third-order valence-electron chi connectivity index (χ3n) is 4.57. The van der Waals surface area contributed by atoms with Gasteiger partial charge in [-0.2, -0.15) is 0 Å². The monoisotopic (exact) mass is 209 g/mol. The molecule has 0 aromatic carbocycles. The molecule has 0 bridgehead atoms. The van der Waals surface area contributed by atoms with E-state index in [0.717, 1.165) is 17.8 Å². The average molecular weight is 209 g/mol. The van der Waals surface area contributed by atoms with Crippen LogP contribution in [0.15, 0.2) is 0 Å². The van der Waals surface area contributed by atoms with Crippen LogP contribution in [0.3, 0.4) is 0 Å². The molecule has 0 aromatic rings. The maximum absolute atomic E-state index is 3.51. The van der Waals surface area contributed by atoms with E-state index in [4.69, 9.17) is 0 Å². The Labute approximate surface area is 95.0 Å². The van der Waals surface area contributed by atoms with Gasteiger partial charge in [0.15, 0.2) is 0 Å². The van der Waals surface area contributed by atoms with Gasteiger partial charge in [0, 0.05) is 0 Å². The molecule has 2 unspecified atom stereocenters. The Bertz CT molecular complexity index is 170. The highest BCUT2D eigenvalue weighted by Crippen LogP contribution is 2.33. The molecule has 2 fully saturated rings. The SMILES string of the molecule is CC1CNCCC1CC1CCCCCC1. The molecule has 1 saturated heterocycles. The highest BCUT2D eigenvalue weighted by atomic mass is 14.9. The molecule has 15 heavy (non-hydrogen) atoms. The smallest absolute Gasteiger partial charge is 0.00205 e. The normalized spacial score (nSPS) is 35.0. The molecule has 1 aliphatic heterocycles. The van der Waals surface area contributed by atoms with Crippen molar-refractivity contribution in [3.8, 4) is 0 Å². The van der Waals surface area contributed by atoms with Crippen LogP contribution < -0.4 is 5.32 Å². The molecule has 0 aromatic heterocycles. The van der Waals surface area contributed by atoms with Crippen molar-refractivity contribution in [1.82, 2.24) is 5.32 Å². The molecule has 2 aliphatic rings. The minimum atomic E-state index is 0.919. The molecule has 1 saturated carbocycles. The zero-order valence-electron chi connectivity index (χ0n) is 10.3. The summed E-state index contributed by atoms with van der Waals surface area (Å²) in [5, 5.41) is 3.51. The Hall–Kier alpha value is -0.0400. The molecule has 2 atom stereocenters. The first-order valence-corrected chi connectivity index (χ1v) is 7.07. The van der Waals surface area contributed by atoms with E-state index in [1.54, 1.807) is 0 Å². The van der Waals surface area contributed by atoms with Gasteiger partial charge in [-0.25, -0.2) is 0 Å². The molecular formula is C14H27N. The quantitative estimate of drug-likeness (QED) is 0.685. The lowest BCUT2D eigenvalue weighted by molar-refractivity contribution is 0.215. The first kappa shape index (κ1) is 11.4. The van der Waals surface area contributed by atoms with Crippen molar-refractivity contribution in [2.75, 3.05) is 13.1 Å². The summed E-state index contributed by atoms with van der Waals surface area (Å²) in [6.07, 6.45) is 12.0. The largest absolute Gasteiger partial charge is 0.316 e. The number of piperidine rings is 1. The summed E-state index contributed by atoms with van der Waals surface area (Å²) in [5.74, 6) is 3.01. The maximum atomic E-state index is 3.51. The Kier molecular flexibility index (Phi) is 4.49. The van der Waals surface area contributed by atoms with Crippen LogP contribution in [0.4, 0.5) is 0 Å². The molecule has 1 nitrogen and oxygen atoms in total. The van der Waals surface area contributed by atoms with Crippen LogP contribution in [-0.2, 0) is 0 Å². The van der Waals surface area contributed by atoms with Gasteiger partial charge in [0.25, 0.3) is 0 Å². The van der Waals surface area contributed by atoms with Gasteiger partial charge in [-0.3, -0.25) is 0 Å². The van der Waals surface area contributed by atoms with E-state index in [1.807, 2.05) is 0 Å². The van der Waals surface area contributed by atoms with Crippen LogP contribution in [0.25, 0.3) is 0 Å². The average Bonchev–Trinajstić information content (AvgIpc) is 2.50. The summed E-state index contributed by atoms with van der Waals surface area (Å²) >= 11 is 0. The Morgan fingerprint density at radius 1 is 1.00 bits per heavy atom. The zero-order valence-corrected chi connectivity index (χ0v) is 10.3. The van der Waals surface area contributed by atoms with Crippen LogP contribution >= 0.6 is 0 Å². The molecule has 1 aliphatic carbocycles. The molecule has 88 valence electrons. The number of nitrogens with one attached hydrogen (secondary N) is 1. The minimum absolute atomic E-state index is 0.919. The summed E-state index contributed by atoms with van der Waals surface area (Å²) in [6, 6.07) is 0. The molecule has 0 amide bonds. The van der Waals surface area contributed by atoms with Gasteiger partial charge < -0.3 is 5.32 Å². The topological polar surface area (TPSA) is 12.0 Å². The predicted molar refractivity (Wildman–Crippen MR) is 65.9 cm³/mol. The van der Waals surface area contributed by atoms with Crippen LogP contribution in [0.1, 0.15) is 58.3 Å². The van der Waals surface area contributed by atoms with Gasteiger partial charge in [0.05, 0.1) is 0 Å². The number of hydrogen-bond donors (Lipinski definition) is 1. The minimum Gasteiger partial charge on any atom is -0.316 e. The fourth-order valence-electron chi connectivity index (χ4n) is 3.45. The molecule has 1 N–H and O–H groups in total. The molecule has 2 rings (SSSR count). The molecule has 1 heterocycles. The lowest BCUT2D eigenvalue weighted by Gasteiger charge is -2.32. The van der Waals surface area contributed by atoms with Gasteiger partial charge >= 0.3 is 0 Å². The van der Waals surface area contributed by atoms with Crippen LogP contribution in [0, 0.1) is 17.8 Å². The van der Waals surface area contributed by atoms with E-state index in [1.165, 1.54) is 64.5 Å². The zero-order chi connectivity index (χ0) is 10.5. The fourth-order valence-corrected chi connectivity index (χ4v) is 3.45. The second-order valence-electron chi connectivity index (χ2n) is 5.82. The van der Waals surface area contributed by atoms with Gasteiger partial charge in [-0.15, -0.1) is 0 Å². The van der Waals surface area contributed by atoms with Crippen molar-refractivity contribution in [3.05, 3.63) is 0 Å². The van der Waals surface area contributed by atoms with Crippen molar-refractivity contribution >= 4 is 0 Å². The third kappa shape index (κ3) is 3.48. The molecular weight excluding hydrogens is 182 g/mol. The van der Waals surface area contributed by atoms with Crippen molar-refractivity contribution in [2.24, 2.45) is 17.8 Å². The van der Waals surface area contributed by atoms with E-state index < -0.39 is 0 Å². The second kappa shape index (κ2) is 5.89. The predicted octanol–water partition coefficient (Wildman–Crippen LogP) is 3.59. The Morgan fingerprint density at radius 2 is 1.73 bits per heavy atom. The Balaban J connectivity index is 1.78. The standard InChI is InChI=1S/C14H27N/c1-12-11-15-9-8-14(12)10-13-6-4-2-3-5-7-13/h12-15H,2-11H2,1H3. The van der Waals surface area contributed by atoms with Crippen LogP contribution in [0.2, 0.25) is 0 Å². The van der Waals surface area contributed by atoms with Crippen LogP contribution in [-0.4, -0.2) is 13.1 Å². The fraction of sp³-hybridized carbons (Fsp3) is 1.00. The summed E-state index contributed by atoms with van der Waals surface area (Å²) in [5.41, 5.74) is 0. The highest BCUT2D eigenvalue weighted by molar-refractivity contribution is 4.78. The van der Waals surface area contributed by atoms with Crippen molar-refractivity contribution < 1.29 is 0 Å². The number of hydrogen-bond acceptors (Lipinski definition) is 1. The van der Waals surface area contributed by atoms with E-state index in [2.05, 4.69) is 12.2 Å². The van der Waals surface area contributed by atoms with Gasteiger partial charge in [-0.05, 0) is 43.7 Å².